The number of fused-ring (bicyclic) bond motifs is 2. The second kappa shape index (κ2) is 12.7. The number of hydrogen-bond acceptors (Lipinski definition) is 2. The van der Waals surface area contributed by atoms with Crippen molar-refractivity contribution in [2.45, 2.75) is 27.7 Å². The molecule has 0 spiro atoms. The molecule has 0 aromatic heterocycles. The third-order valence-corrected chi connectivity index (χ3v) is 9.55. The molecule has 6 rings (SSSR count). The van der Waals surface area contributed by atoms with Gasteiger partial charge in [0.1, 0.15) is 0 Å². The van der Waals surface area contributed by atoms with Crippen molar-refractivity contribution in [2.24, 2.45) is 0 Å². The number of benzene rings is 5. The third kappa shape index (κ3) is 6.40. The molecule has 1 heterocycles. The van der Waals surface area contributed by atoms with Crippen LogP contribution in [0.15, 0.2) is 78.9 Å². The predicted molar refractivity (Wildman–Crippen MR) is 178 cm³/mol. The van der Waals surface area contributed by atoms with Crippen molar-refractivity contribution < 1.29 is 13.5 Å². The summed E-state index contributed by atoms with van der Waals surface area (Å²) in [6.07, 6.45) is 0. The molecule has 1 aliphatic heterocycles. The minimum absolute atomic E-state index is 0.989. The van der Waals surface area contributed by atoms with E-state index in [1.807, 2.05) is 4.61 Å². The second-order valence-electron chi connectivity index (χ2n) is 10.9. The summed E-state index contributed by atoms with van der Waals surface area (Å²) in [7, 11) is 14.5. The average molecular weight is 669 g/mol. The van der Waals surface area contributed by atoms with Crippen molar-refractivity contribution in [1.82, 2.24) is 4.90 Å². The molecular formula is C36H36Cl2N2Ru-2. The SMILES string of the molecule is Cc1cc(C)c(N2[CH-]N(C)CC2)c(C)c1.[CH2-]c1c([CH]=[Ru]([Cl])[Cl])cc2ccccc2c1-c1c(C)ccc2ccccc12. The van der Waals surface area contributed by atoms with Crippen LogP contribution in [0.4, 0.5) is 5.69 Å². The fraction of sp³-hybridized carbons (Fsp3) is 0.194. The van der Waals surface area contributed by atoms with Crippen LogP contribution in [-0.4, -0.2) is 29.6 Å². The van der Waals surface area contributed by atoms with Crippen LogP contribution in [0.2, 0.25) is 0 Å². The Morgan fingerprint density at radius 3 is 1.98 bits per heavy atom. The fourth-order valence-electron chi connectivity index (χ4n) is 6.00. The van der Waals surface area contributed by atoms with Crippen molar-refractivity contribution >= 4 is 51.2 Å². The molecule has 41 heavy (non-hydrogen) atoms. The Morgan fingerprint density at radius 1 is 0.756 bits per heavy atom. The quantitative estimate of drug-likeness (QED) is 0.140. The zero-order chi connectivity index (χ0) is 29.3. The molecule has 0 N–H and O–H groups in total. The first-order valence-corrected chi connectivity index (χ1v) is 19.2. The molecule has 1 aliphatic rings. The van der Waals surface area contributed by atoms with Gasteiger partial charge in [0.05, 0.1) is 0 Å². The van der Waals surface area contributed by atoms with Gasteiger partial charge in [0.2, 0.25) is 0 Å². The van der Waals surface area contributed by atoms with E-state index in [-0.39, 0.29) is 0 Å². The van der Waals surface area contributed by atoms with E-state index in [9.17, 15) is 0 Å². The summed E-state index contributed by atoms with van der Waals surface area (Å²) in [4.78, 5) is 4.59. The van der Waals surface area contributed by atoms with Crippen LogP contribution < -0.4 is 4.90 Å². The molecule has 0 atom stereocenters. The fourth-order valence-corrected chi connectivity index (χ4v) is 7.84. The molecule has 0 saturated carbocycles. The van der Waals surface area contributed by atoms with Gasteiger partial charge in [0.15, 0.2) is 0 Å². The normalized spacial score (nSPS) is 13.8. The number of aryl methyl sites for hydroxylation is 4. The van der Waals surface area contributed by atoms with E-state index < -0.39 is 13.5 Å². The molecule has 0 radical (unpaired) electrons. The predicted octanol–water partition coefficient (Wildman–Crippen LogP) is 9.71. The molecule has 0 aliphatic carbocycles. The Hall–Kier alpha value is -2.68. The van der Waals surface area contributed by atoms with Crippen molar-refractivity contribution in [3.63, 3.8) is 0 Å². The maximum atomic E-state index is 6.19. The van der Waals surface area contributed by atoms with E-state index in [4.69, 9.17) is 19.4 Å². The maximum absolute atomic E-state index is 6.19. The number of nitrogens with zero attached hydrogens (tertiary/aromatic N) is 2. The number of likely N-dealkylation sites (N-methyl/N-ethyl adjacent to an activating group) is 1. The molecule has 0 amide bonds. The Morgan fingerprint density at radius 2 is 1.37 bits per heavy atom. The van der Waals surface area contributed by atoms with Gasteiger partial charge in [-0.25, -0.2) is 0 Å². The Labute approximate surface area is 258 Å². The van der Waals surface area contributed by atoms with Gasteiger partial charge in [-0.1, -0.05) is 17.7 Å². The standard InChI is InChI=1S/C23H17.C13H19N2.2ClH.Ru/c1-15-12-13-18-8-4-6-10-20(18)22(15)23-17(3)16(2)14-19-9-5-7-11-21(19)23;1-10-7-11(2)13(12(3)8-10)15-6-5-14(4)9-15;;;/h2,4-14H,3H2,1H3;7-9H,5-6H2,1-4H3;2*1H;/q2*-1;;;+2/p-2. The number of halogens is 2. The Bertz CT molecular complexity index is 1750. The van der Waals surface area contributed by atoms with Crippen LogP contribution in [0.25, 0.3) is 32.7 Å². The first-order valence-electron chi connectivity index (χ1n) is 13.7. The van der Waals surface area contributed by atoms with Gasteiger partial charge in [-0.15, -0.1) is 0 Å². The van der Waals surface area contributed by atoms with Crippen molar-refractivity contribution in [1.29, 1.82) is 0 Å². The molecule has 1 saturated heterocycles. The average Bonchev–Trinajstić information content (AvgIpc) is 3.35. The summed E-state index contributed by atoms with van der Waals surface area (Å²) >= 11 is -1.95. The first-order chi connectivity index (χ1) is 19.6. The van der Waals surface area contributed by atoms with Crippen LogP contribution in [0.3, 0.4) is 0 Å². The van der Waals surface area contributed by atoms with Gasteiger partial charge in [-0.05, 0) is 45.5 Å². The number of hydrogen-bond donors (Lipinski definition) is 0. The van der Waals surface area contributed by atoms with Gasteiger partial charge in [-0.3, -0.25) is 0 Å². The van der Waals surface area contributed by atoms with Crippen LogP contribution >= 0.6 is 19.4 Å². The molecule has 0 bridgehead atoms. The Kier molecular flexibility index (Phi) is 9.22. The summed E-state index contributed by atoms with van der Waals surface area (Å²) in [5, 5.41) is 4.85. The van der Waals surface area contributed by atoms with Gasteiger partial charge < -0.3 is 9.80 Å². The van der Waals surface area contributed by atoms with E-state index in [1.54, 1.807) is 0 Å². The van der Waals surface area contributed by atoms with E-state index in [0.29, 0.717) is 0 Å². The van der Waals surface area contributed by atoms with E-state index in [1.165, 1.54) is 60.6 Å². The van der Waals surface area contributed by atoms with Crippen molar-refractivity contribution in [3.05, 3.63) is 126 Å². The summed E-state index contributed by atoms with van der Waals surface area (Å²) in [6.45, 7) is 17.5. The summed E-state index contributed by atoms with van der Waals surface area (Å²) in [5.74, 6) is 0. The first kappa shape index (κ1) is 29.8. The summed E-state index contributed by atoms with van der Waals surface area (Å²) < 4.78 is 1.99. The molecule has 1 fully saturated rings. The molecule has 5 aromatic carbocycles. The summed E-state index contributed by atoms with van der Waals surface area (Å²) in [6, 6.07) is 28.0. The number of anilines is 1. The van der Waals surface area contributed by atoms with Crippen molar-refractivity contribution in [3.8, 4) is 11.1 Å². The van der Waals surface area contributed by atoms with Crippen LogP contribution in [0, 0.1) is 41.3 Å². The molecule has 2 nitrogen and oxygen atoms in total. The molecule has 5 heteroatoms. The van der Waals surface area contributed by atoms with Gasteiger partial charge in [-0.2, -0.15) is 6.67 Å². The number of rotatable bonds is 3. The van der Waals surface area contributed by atoms with Crippen LogP contribution in [0.1, 0.15) is 33.4 Å². The van der Waals surface area contributed by atoms with Crippen LogP contribution in [0.5, 0.6) is 0 Å². The minimum atomic E-state index is -1.95. The summed E-state index contributed by atoms with van der Waals surface area (Å²) in [5.41, 5.74) is 11.2. The zero-order valence-electron chi connectivity index (χ0n) is 24.3. The monoisotopic (exact) mass is 668 g/mol. The molecule has 5 aromatic rings. The third-order valence-electron chi connectivity index (χ3n) is 7.72. The van der Waals surface area contributed by atoms with Gasteiger partial charge in [0.25, 0.3) is 0 Å². The van der Waals surface area contributed by atoms with E-state index >= 15 is 0 Å². The Balaban J connectivity index is 0.000000191. The molecule has 0 unspecified atom stereocenters. The van der Waals surface area contributed by atoms with Crippen LogP contribution in [-0.2, 0) is 13.5 Å². The van der Waals surface area contributed by atoms with Gasteiger partial charge >= 0.3 is 167 Å². The van der Waals surface area contributed by atoms with Gasteiger partial charge in [0, 0.05) is 12.2 Å². The zero-order valence-corrected chi connectivity index (χ0v) is 27.5. The second-order valence-corrected chi connectivity index (χ2v) is 16.6. The molecule has 214 valence electrons. The van der Waals surface area contributed by atoms with E-state index in [2.05, 4.69) is 137 Å². The topological polar surface area (TPSA) is 6.48 Å². The van der Waals surface area contributed by atoms with E-state index in [0.717, 1.165) is 24.2 Å². The van der Waals surface area contributed by atoms with Crippen molar-refractivity contribution in [2.75, 3.05) is 25.0 Å². The molecular weight excluding hydrogens is 632 g/mol.